The molecule has 0 N–H and O–H groups in total. The monoisotopic (exact) mass is 258 g/mol. The molecule has 0 aromatic heterocycles. The maximum atomic E-state index is 2.56. The summed E-state index contributed by atoms with van der Waals surface area (Å²) >= 11 is 2.56. The summed E-state index contributed by atoms with van der Waals surface area (Å²) in [7, 11) is 0. The van der Waals surface area contributed by atoms with Crippen LogP contribution in [0.1, 0.15) is 24.3 Å². The average Bonchev–Trinajstić information content (AvgIpc) is 2.04. The van der Waals surface area contributed by atoms with Crippen molar-refractivity contribution < 1.29 is 0 Å². The fraction of sp³-hybridized carbons (Fsp3) is 0.400. The Morgan fingerprint density at radius 3 is 2.27 bits per heavy atom. The number of benzene rings is 1. The predicted molar refractivity (Wildman–Crippen MR) is 56.2 cm³/mol. The lowest BCUT2D eigenvalue weighted by Crippen LogP contribution is -2.23. The fourth-order valence-corrected chi connectivity index (χ4v) is 2.67. The Balaban J connectivity index is 2.17. The highest BCUT2D eigenvalue weighted by molar-refractivity contribution is 14.1. The number of alkyl halides is 1. The predicted octanol–water partition coefficient (Wildman–Crippen LogP) is 3.37. The summed E-state index contributed by atoms with van der Waals surface area (Å²) in [6, 6.07) is 10.9. The molecule has 1 fully saturated rings. The van der Waals surface area contributed by atoms with Gasteiger partial charge in [0.25, 0.3) is 0 Å². The minimum atomic E-state index is 0.844. The average molecular weight is 258 g/mol. The topological polar surface area (TPSA) is 0 Å². The molecule has 0 spiro atoms. The Morgan fingerprint density at radius 1 is 1.09 bits per heavy atom. The van der Waals surface area contributed by atoms with E-state index in [9.17, 15) is 0 Å². The van der Waals surface area contributed by atoms with E-state index in [-0.39, 0.29) is 0 Å². The highest BCUT2D eigenvalue weighted by atomic mass is 127. The minimum absolute atomic E-state index is 0.844. The molecular weight excluding hydrogens is 247 g/mol. The number of halogens is 1. The summed E-state index contributed by atoms with van der Waals surface area (Å²) in [6.07, 6.45) is 2.79. The molecular formula is C10H11I. The molecule has 1 unspecified atom stereocenters. The molecule has 2 atom stereocenters. The molecule has 1 heteroatoms. The zero-order valence-electron chi connectivity index (χ0n) is 6.33. The largest absolute Gasteiger partial charge is 0.0820 e. The molecule has 0 nitrogen and oxygen atoms in total. The molecule has 1 aromatic rings. The maximum absolute atomic E-state index is 2.56. The second kappa shape index (κ2) is 3.13. The van der Waals surface area contributed by atoms with E-state index in [0.29, 0.717) is 0 Å². The van der Waals surface area contributed by atoms with Gasteiger partial charge in [-0.25, -0.2) is 0 Å². The van der Waals surface area contributed by atoms with E-state index in [1.54, 1.807) is 0 Å². The molecule has 1 aromatic carbocycles. The van der Waals surface area contributed by atoms with Crippen LogP contribution in [0.15, 0.2) is 30.3 Å². The van der Waals surface area contributed by atoms with Crippen molar-refractivity contribution in [1.82, 2.24) is 0 Å². The van der Waals surface area contributed by atoms with E-state index in [0.717, 1.165) is 9.84 Å². The quantitative estimate of drug-likeness (QED) is 0.535. The molecule has 0 bridgehead atoms. The lowest BCUT2D eigenvalue weighted by atomic mass is 9.80. The first kappa shape index (κ1) is 7.59. The van der Waals surface area contributed by atoms with Crippen LogP contribution in [0.5, 0.6) is 0 Å². The highest BCUT2D eigenvalue weighted by Gasteiger charge is 2.28. The zero-order valence-corrected chi connectivity index (χ0v) is 8.49. The van der Waals surface area contributed by atoms with E-state index < -0.39 is 0 Å². The van der Waals surface area contributed by atoms with Crippen molar-refractivity contribution in [2.75, 3.05) is 0 Å². The second-order valence-corrected chi connectivity index (χ2v) is 4.71. The van der Waals surface area contributed by atoms with Crippen molar-refractivity contribution in [1.29, 1.82) is 0 Å². The smallest absolute Gasteiger partial charge is 0.0178 e. The lowest BCUT2D eigenvalue weighted by Gasteiger charge is -2.32. The van der Waals surface area contributed by atoms with Gasteiger partial charge in [-0.15, -0.1) is 0 Å². The fourth-order valence-electron chi connectivity index (χ4n) is 1.54. The Bertz CT molecular complexity index is 230. The first-order valence-electron chi connectivity index (χ1n) is 4.07. The van der Waals surface area contributed by atoms with Gasteiger partial charge < -0.3 is 0 Å². The van der Waals surface area contributed by atoms with Crippen LogP contribution >= 0.6 is 22.6 Å². The number of hydrogen-bond acceptors (Lipinski definition) is 0. The summed E-state index contributed by atoms with van der Waals surface area (Å²) in [5.74, 6) is 0.844. The van der Waals surface area contributed by atoms with Crippen molar-refractivity contribution in [3.63, 3.8) is 0 Å². The SMILES string of the molecule is I[C@@H]1CCC1c1ccccc1. The van der Waals surface area contributed by atoms with Crippen LogP contribution in [0, 0.1) is 0 Å². The second-order valence-electron chi connectivity index (χ2n) is 3.11. The number of rotatable bonds is 1. The third kappa shape index (κ3) is 1.43. The van der Waals surface area contributed by atoms with Crippen LogP contribution in [0.4, 0.5) is 0 Å². The van der Waals surface area contributed by atoms with Gasteiger partial charge in [0.05, 0.1) is 0 Å². The van der Waals surface area contributed by atoms with Gasteiger partial charge >= 0.3 is 0 Å². The van der Waals surface area contributed by atoms with Crippen LogP contribution < -0.4 is 0 Å². The van der Waals surface area contributed by atoms with E-state index in [4.69, 9.17) is 0 Å². The molecule has 1 aliphatic rings. The highest BCUT2D eigenvalue weighted by Crippen LogP contribution is 2.41. The molecule has 2 rings (SSSR count). The molecule has 0 amide bonds. The van der Waals surface area contributed by atoms with E-state index in [2.05, 4.69) is 52.9 Å². The first-order chi connectivity index (χ1) is 5.38. The van der Waals surface area contributed by atoms with Gasteiger partial charge in [0.2, 0.25) is 0 Å². The van der Waals surface area contributed by atoms with E-state index in [1.165, 1.54) is 18.4 Å². The summed E-state index contributed by atoms with van der Waals surface area (Å²) in [5.41, 5.74) is 1.53. The summed E-state index contributed by atoms with van der Waals surface area (Å²) in [5, 5.41) is 0. The Hall–Kier alpha value is -0.0500. The third-order valence-electron chi connectivity index (χ3n) is 2.42. The maximum Gasteiger partial charge on any atom is 0.0178 e. The zero-order chi connectivity index (χ0) is 7.68. The van der Waals surface area contributed by atoms with Crippen LogP contribution in [-0.4, -0.2) is 3.92 Å². The molecule has 0 aliphatic heterocycles. The molecule has 0 radical (unpaired) electrons. The van der Waals surface area contributed by atoms with Crippen molar-refractivity contribution in [2.24, 2.45) is 0 Å². The van der Waals surface area contributed by atoms with Gasteiger partial charge in [0.1, 0.15) is 0 Å². The van der Waals surface area contributed by atoms with Crippen LogP contribution in [0.2, 0.25) is 0 Å². The van der Waals surface area contributed by atoms with Gasteiger partial charge in [-0.2, -0.15) is 0 Å². The van der Waals surface area contributed by atoms with Crippen molar-refractivity contribution in [2.45, 2.75) is 22.7 Å². The summed E-state index contributed by atoms with van der Waals surface area (Å²) < 4.78 is 0.884. The van der Waals surface area contributed by atoms with E-state index in [1.807, 2.05) is 0 Å². The summed E-state index contributed by atoms with van der Waals surface area (Å²) in [6.45, 7) is 0. The first-order valence-corrected chi connectivity index (χ1v) is 5.31. The molecule has 1 saturated carbocycles. The van der Waals surface area contributed by atoms with Crippen molar-refractivity contribution in [3.8, 4) is 0 Å². The molecule has 0 heterocycles. The van der Waals surface area contributed by atoms with Crippen LogP contribution in [0.3, 0.4) is 0 Å². The van der Waals surface area contributed by atoms with Crippen LogP contribution in [0.25, 0.3) is 0 Å². The minimum Gasteiger partial charge on any atom is -0.0820 e. The molecule has 0 saturated heterocycles. The van der Waals surface area contributed by atoms with Gasteiger partial charge in [0.15, 0.2) is 0 Å². The molecule has 11 heavy (non-hydrogen) atoms. The Kier molecular flexibility index (Phi) is 2.16. The number of hydrogen-bond donors (Lipinski definition) is 0. The molecule has 58 valence electrons. The Labute approximate surface area is 81.1 Å². The van der Waals surface area contributed by atoms with Gasteiger partial charge in [-0.3, -0.25) is 0 Å². The van der Waals surface area contributed by atoms with Gasteiger partial charge in [0, 0.05) is 3.92 Å². The third-order valence-corrected chi connectivity index (χ3v) is 3.91. The van der Waals surface area contributed by atoms with Gasteiger partial charge in [-0.05, 0) is 24.3 Å². The van der Waals surface area contributed by atoms with Crippen molar-refractivity contribution >= 4 is 22.6 Å². The molecule has 1 aliphatic carbocycles. The van der Waals surface area contributed by atoms with Crippen molar-refractivity contribution in [3.05, 3.63) is 35.9 Å². The van der Waals surface area contributed by atoms with E-state index >= 15 is 0 Å². The van der Waals surface area contributed by atoms with Crippen LogP contribution in [-0.2, 0) is 0 Å². The van der Waals surface area contributed by atoms with Gasteiger partial charge in [-0.1, -0.05) is 52.9 Å². The normalized spacial score (nSPS) is 29.5. The summed E-state index contributed by atoms with van der Waals surface area (Å²) in [4.78, 5) is 0. The lowest BCUT2D eigenvalue weighted by molar-refractivity contribution is 0.453. The standard InChI is InChI=1S/C10H11I/c11-10-7-6-9(10)8-4-2-1-3-5-8/h1-5,9-10H,6-7H2/t9?,10-/m1/s1. The Morgan fingerprint density at radius 2 is 1.82 bits per heavy atom.